The molecule has 0 N–H and O–H groups in total. The first-order valence-corrected chi connectivity index (χ1v) is 5.86. The lowest BCUT2D eigenvalue weighted by Gasteiger charge is -2.03. The second kappa shape index (κ2) is 3.74. The summed E-state index contributed by atoms with van der Waals surface area (Å²) in [5, 5.41) is 2.28. The highest BCUT2D eigenvalue weighted by molar-refractivity contribution is 9.10. The van der Waals surface area contributed by atoms with E-state index in [1.807, 2.05) is 18.2 Å². The van der Waals surface area contributed by atoms with Gasteiger partial charge < -0.3 is 4.42 Å². The molecule has 1 heterocycles. The Bertz CT molecular complexity index is 792. The Morgan fingerprint density at radius 3 is 2.59 bits per heavy atom. The Morgan fingerprint density at radius 1 is 1.00 bits per heavy atom. The van der Waals surface area contributed by atoms with E-state index in [0.717, 1.165) is 15.2 Å². The minimum absolute atomic E-state index is 0.363. The van der Waals surface area contributed by atoms with Gasteiger partial charge >= 0.3 is 5.63 Å². The number of benzene rings is 2. The van der Waals surface area contributed by atoms with Gasteiger partial charge in [0.1, 0.15) is 13.4 Å². The van der Waals surface area contributed by atoms with E-state index in [1.54, 1.807) is 18.2 Å². The molecule has 3 aromatic rings. The summed E-state index contributed by atoms with van der Waals surface area (Å²) in [6.07, 6.45) is 0. The molecule has 0 aliphatic heterocycles. The number of fused-ring (bicyclic) bond motifs is 3. The summed E-state index contributed by atoms with van der Waals surface area (Å²) in [4.78, 5) is 11.8. The molecular weight excluding hydrogens is 279 g/mol. The lowest BCUT2D eigenvalue weighted by atomic mass is 9.93. The van der Waals surface area contributed by atoms with Crippen LogP contribution in [0.5, 0.6) is 0 Å². The molecule has 4 heteroatoms. The van der Waals surface area contributed by atoms with Crippen molar-refractivity contribution < 1.29 is 4.42 Å². The maximum Gasteiger partial charge on any atom is 0.344 e. The molecule has 1 aromatic heterocycles. The molecule has 0 atom stereocenters. The Morgan fingerprint density at radius 2 is 1.76 bits per heavy atom. The highest BCUT2D eigenvalue weighted by Crippen LogP contribution is 2.24. The van der Waals surface area contributed by atoms with E-state index >= 15 is 0 Å². The molecule has 17 heavy (non-hydrogen) atoms. The average Bonchev–Trinajstić information content (AvgIpc) is 2.29. The van der Waals surface area contributed by atoms with Gasteiger partial charge in [0.2, 0.25) is 0 Å². The second-order valence-electron chi connectivity index (χ2n) is 3.84. The molecule has 0 fully saturated rings. The molecule has 0 aliphatic rings. The van der Waals surface area contributed by atoms with Crippen LogP contribution in [0.4, 0.5) is 0 Å². The lowest BCUT2D eigenvalue weighted by molar-refractivity contribution is 0.569. The van der Waals surface area contributed by atoms with Crippen molar-refractivity contribution in [3.8, 4) is 0 Å². The molecule has 0 amide bonds. The number of hydrogen-bond acceptors (Lipinski definition) is 2. The van der Waals surface area contributed by atoms with Crippen LogP contribution >= 0.6 is 15.9 Å². The van der Waals surface area contributed by atoms with Crippen molar-refractivity contribution in [3.63, 3.8) is 0 Å². The van der Waals surface area contributed by atoms with E-state index in [4.69, 9.17) is 12.3 Å². The first-order chi connectivity index (χ1) is 8.15. The zero-order chi connectivity index (χ0) is 12.0. The van der Waals surface area contributed by atoms with Crippen LogP contribution in [0, 0.1) is 0 Å². The average molecular weight is 285 g/mol. The molecule has 0 saturated carbocycles. The molecule has 2 nitrogen and oxygen atoms in total. The number of rotatable bonds is 0. The van der Waals surface area contributed by atoms with Crippen molar-refractivity contribution in [2.24, 2.45) is 0 Å². The highest BCUT2D eigenvalue weighted by Gasteiger charge is 2.07. The lowest BCUT2D eigenvalue weighted by Crippen LogP contribution is -2.06. The third kappa shape index (κ3) is 1.69. The van der Waals surface area contributed by atoms with E-state index in [2.05, 4.69) is 15.9 Å². The Kier molecular flexibility index (Phi) is 2.33. The molecule has 0 bridgehead atoms. The van der Waals surface area contributed by atoms with Gasteiger partial charge in [0.05, 0.1) is 5.39 Å². The Labute approximate surface area is 107 Å². The van der Waals surface area contributed by atoms with Crippen LogP contribution in [0.3, 0.4) is 0 Å². The number of hydrogen-bond donors (Lipinski definition) is 0. The third-order valence-corrected chi connectivity index (χ3v) is 3.19. The predicted octanol–water partition coefficient (Wildman–Crippen LogP) is 2.50. The van der Waals surface area contributed by atoms with Crippen molar-refractivity contribution in [2.45, 2.75) is 0 Å². The van der Waals surface area contributed by atoms with E-state index in [-0.39, 0.29) is 5.63 Å². The molecule has 80 valence electrons. The van der Waals surface area contributed by atoms with Crippen molar-refractivity contribution in [1.29, 1.82) is 0 Å². The fraction of sp³-hybridized carbons (Fsp3) is 0. The fourth-order valence-electron chi connectivity index (χ4n) is 1.92. The monoisotopic (exact) mass is 284 g/mol. The van der Waals surface area contributed by atoms with Crippen LogP contribution in [-0.2, 0) is 0 Å². The van der Waals surface area contributed by atoms with Gasteiger partial charge in [0, 0.05) is 9.86 Å². The summed E-state index contributed by atoms with van der Waals surface area (Å²) < 4.78 is 6.15. The van der Waals surface area contributed by atoms with E-state index in [9.17, 15) is 4.79 Å². The zero-order valence-electron chi connectivity index (χ0n) is 8.74. The van der Waals surface area contributed by atoms with Gasteiger partial charge in [0.15, 0.2) is 0 Å². The summed E-state index contributed by atoms with van der Waals surface area (Å²) in [7, 11) is 5.67. The quantitative estimate of drug-likeness (QED) is 0.361. The molecular formula is C13H6BBrO2. The molecule has 0 aliphatic carbocycles. The van der Waals surface area contributed by atoms with Gasteiger partial charge in [0.25, 0.3) is 0 Å². The summed E-state index contributed by atoms with van der Waals surface area (Å²) in [6.45, 7) is 0. The normalized spacial score (nSPS) is 11.1. The molecule has 3 rings (SSSR count). The van der Waals surface area contributed by atoms with Crippen LogP contribution in [-0.4, -0.2) is 7.85 Å². The molecule has 0 saturated heterocycles. The van der Waals surface area contributed by atoms with E-state index in [0.29, 0.717) is 16.4 Å². The molecule has 0 unspecified atom stereocenters. The summed E-state index contributed by atoms with van der Waals surface area (Å²) in [6, 6.07) is 10.9. The van der Waals surface area contributed by atoms with Crippen LogP contribution in [0.15, 0.2) is 50.1 Å². The number of halogens is 1. The van der Waals surface area contributed by atoms with Gasteiger partial charge in [-0.3, -0.25) is 0 Å². The summed E-state index contributed by atoms with van der Waals surface area (Å²) in [5.41, 5.74) is 0.765. The Balaban J connectivity index is 2.60. The second-order valence-corrected chi connectivity index (χ2v) is 4.75. The van der Waals surface area contributed by atoms with Crippen molar-refractivity contribution in [2.75, 3.05) is 0 Å². The van der Waals surface area contributed by atoms with E-state index < -0.39 is 0 Å². The zero-order valence-corrected chi connectivity index (χ0v) is 10.3. The SMILES string of the molecule is [B]c1ccc2c(c1)c(=O)oc1cc(Br)ccc12. The Hall–Kier alpha value is -1.55. The van der Waals surface area contributed by atoms with Gasteiger partial charge in [-0.05, 0) is 23.6 Å². The largest absolute Gasteiger partial charge is 0.422 e. The standard InChI is InChI=1S/C13H6BBrO2/c14-7-1-3-9-10-4-2-8(15)6-12(10)17-13(16)11(9)5-7/h1-6H. The maximum absolute atomic E-state index is 11.8. The molecule has 0 spiro atoms. The van der Waals surface area contributed by atoms with Crippen molar-refractivity contribution in [1.82, 2.24) is 0 Å². The molecule has 2 aromatic carbocycles. The minimum atomic E-state index is -0.363. The van der Waals surface area contributed by atoms with Crippen LogP contribution in [0.25, 0.3) is 21.7 Å². The first-order valence-electron chi connectivity index (χ1n) is 5.07. The van der Waals surface area contributed by atoms with Crippen molar-refractivity contribution in [3.05, 3.63) is 51.3 Å². The topological polar surface area (TPSA) is 30.2 Å². The third-order valence-electron chi connectivity index (χ3n) is 2.70. The van der Waals surface area contributed by atoms with Crippen LogP contribution in [0.2, 0.25) is 0 Å². The van der Waals surface area contributed by atoms with E-state index in [1.165, 1.54) is 0 Å². The highest BCUT2D eigenvalue weighted by atomic mass is 79.9. The minimum Gasteiger partial charge on any atom is -0.422 e. The van der Waals surface area contributed by atoms with Gasteiger partial charge in [-0.2, -0.15) is 0 Å². The molecule has 2 radical (unpaired) electrons. The van der Waals surface area contributed by atoms with Crippen LogP contribution in [0.1, 0.15) is 0 Å². The van der Waals surface area contributed by atoms with Gasteiger partial charge in [-0.1, -0.05) is 39.6 Å². The summed E-state index contributed by atoms with van der Waals surface area (Å²) in [5.74, 6) is 0. The van der Waals surface area contributed by atoms with Crippen molar-refractivity contribution >= 4 is 51.0 Å². The van der Waals surface area contributed by atoms with Gasteiger partial charge in [-0.15, -0.1) is 0 Å². The predicted molar refractivity (Wildman–Crippen MR) is 73.1 cm³/mol. The summed E-state index contributed by atoms with van der Waals surface area (Å²) >= 11 is 3.35. The fourth-order valence-corrected chi connectivity index (χ4v) is 2.26. The smallest absolute Gasteiger partial charge is 0.344 e. The first kappa shape index (κ1) is 10.6. The van der Waals surface area contributed by atoms with Gasteiger partial charge in [-0.25, -0.2) is 4.79 Å². The van der Waals surface area contributed by atoms with Crippen LogP contribution < -0.4 is 11.1 Å². The maximum atomic E-state index is 11.8.